The van der Waals surface area contributed by atoms with Gasteiger partial charge in [-0.2, -0.15) is 0 Å². The van der Waals surface area contributed by atoms with Crippen molar-refractivity contribution in [2.24, 2.45) is 11.5 Å². The van der Waals surface area contributed by atoms with Gasteiger partial charge in [0.05, 0.1) is 0 Å². The molecule has 0 aliphatic rings. The van der Waals surface area contributed by atoms with E-state index in [0.29, 0.717) is 12.0 Å². The minimum absolute atomic E-state index is 0.481. The molecule has 0 aliphatic carbocycles. The summed E-state index contributed by atoms with van der Waals surface area (Å²) in [6.45, 7) is 3.39. The molecule has 0 amide bonds. The zero-order valence-electron chi connectivity index (χ0n) is 3.65. The summed E-state index contributed by atoms with van der Waals surface area (Å²) in [5.74, 6) is 0. The molecule has 0 fully saturated rings. The molecule has 0 aromatic carbocycles. The maximum absolute atomic E-state index is 5.07. The second-order valence-corrected chi connectivity index (χ2v) is 1.01. The lowest BCUT2D eigenvalue weighted by Crippen LogP contribution is -2.15. The summed E-state index contributed by atoms with van der Waals surface area (Å²) < 4.78 is 0. The van der Waals surface area contributed by atoms with Gasteiger partial charge in [0.25, 0.3) is 0 Å². The number of hydrogen-bond acceptors (Lipinski definition) is 2. The fourth-order valence-corrected chi connectivity index (χ4v) is 0.151. The molecule has 0 atom stereocenters. The fourth-order valence-electron chi connectivity index (χ4n) is 0.151. The van der Waals surface area contributed by atoms with E-state index in [9.17, 15) is 0 Å². The average Bonchev–Trinajstić information content (AvgIpc) is 1.35. The monoisotopic (exact) mass is 83.1 g/mol. The summed E-state index contributed by atoms with van der Waals surface area (Å²) in [5, 5.41) is 0. The van der Waals surface area contributed by atoms with Crippen LogP contribution in [0.1, 0.15) is 0 Å². The third kappa shape index (κ3) is 3.56. The Labute approximate surface area is 38.4 Å². The van der Waals surface area contributed by atoms with Gasteiger partial charge in [0.2, 0.25) is 0 Å². The fraction of sp³-hybridized carbons (Fsp3) is 0.333. The topological polar surface area (TPSA) is 52.0 Å². The van der Waals surface area contributed by atoms with Crippen LogP contribution in [0.3, 0.4) is 0 Å². The maximum atomic E-state index is 5.07. The Morgan fingerprint density at radius 2 is 2.33 bits per heavy atom. The van der Waals surface area contributed by atoms with Crippen LogP contribution in [0.5, 0.6) is 0 Å². The second-order valence-electron chi connectivity index (χ2n) is 1.01. The molecular weight excluding hydrogens is 74.9 g/mol. The minimum atomic E-state index is 0.481. The van der Waals surface area contributed by atoms with Crippen molar-refractivity contribution < 1.29 is 0 Å². The quantitative estimate of drug-likeness (QED) is 0.422. The van der Waals surface area contributed by atoms with E-state index >= 15 is 0 Å². The molecule has 0 aromatic rings. The predicted molar refractivity (Wildman–Crippen MR) is 28.1 cm³/mol. The van der Waals surface area contributed by atoms with Crippen molar-refractivity contribution in [2.45, 2.75) is 0 Å². The normalized spacial score (nSPS) is 7.50. The molecule has 0 rings (SSSR count). The Hall–Kier alpha value is -0.435. The SMILES string of the molecule is C=C(N)[B]CN. The Balaban J connectivity index is 2.83. The van der Waals surface area contributed by atoms with E-state index in [4.69, 9.17) is 11.5 Å². The zero-order valence-corrected chi connectivity index (χ0v) is 3.65. The van der Waals surface area contributed by atoms with Crippen LogP contribution in [0.4, 0.5) is 0 Å². The van der Waals surface area contributed by atoms with Gasteiger partial charge in [0.15, 0.2) is 7.28 Å². The second kappa shape index (κ2) is 2.78. The molecule has 0 spiro atoms. The molecule has 3 heteroatoms. The molecule has 0 heterocycles. The first-order valence-corrected chi connectivity index (χ1v) is 1.75. The predicted octanol–water partition coefficient (Wildman–Crippen LogP) is -0.963. The van der Waals surface area contributed by atoms with Crippen molar-refractivity contribution >= 4 is 7.28 Å². The highest BCUT2D eigenvalue weighted by molar-refractivity contribution is 6.44. The number of nitrogens with two attached hydrogens (primary N) is 2. The van der Waals surface area contributed by atoms with Crippen LogP contribution in [0.2, 0.25) is 0 Å². The van der Waals surface area contributed by atoms with E-state index in [1.165, 1.54) is 0 Å². The van der Waals surface area contributed by atoms with Gasteiger partial charge in [-0.25, -0.2) is 0 Å². The Morgan fingerprint density at radius 1 is 1.83 bits per heavy atom. The summed E-state index contributed by atoms with van der Waals surface area (Å²) in [6.07, 6.45) is 0.481. The van der Waals surface area contributed by atoms with Gasteiger partial charge in [0, 0.05) is 0 Å². The van der Waals surface area contributed by atoms with Crippen molar-refractivity contribution in [3.63, 3.8) is 0 Å². The lowest BCUT2D eigenvalue weighted by Gasteiger charge is -1.86. The third-order valence-electron chi connectivity index (χ3n) is 0.380. The van der Waals surface area contributed by atoms with Gasteiger partial charge in [-0.05, 0) is 12.0 Å². The first kappa shape index (κ1) is 5.56. The molecule has 2 nitrogen and oxygen atoms in total. The van der Waals surface area contributed by atoms with E-state index in [1.807, 2.05) is 0 Å². The molecule has 0 aliphatic heterocycles. The molecule has 6 heavy (non-hydrogen) atoms. The molecule has 1 radical (unpaired) electrons. The molecule has 4 N–H and O–H groups in total. The van der Waals surface area contributed by atoms with Crippen LogP contribution in [0, 0.1) is 0 Å². The molecular formula is C3H8BN2. The van der Waals surface area contributed by atoms with Gasteiger partial charge in [0.1, 0.15) is 0 Å². The summed E-state index contributed by atoms with van der Waals surface area (Å²) in [5.41, 5.74) is 10.6. The average molecular weight is 82.9 g/mol. The van der Waals surface area contributed by atoms with Crippen molar-refractivity contribution in [3.8, 4) is 0 Å². The maximum Gasteiger partial charge on any atom is 0.189 e. The minimum Gasteiger partial charge on any atom is -0.410 e. The first-order valence-electron chi connectivity index (χ1n) is 1.75. The number of rotatable bonds is 2. The first-order chi connectivity index (χ1) is 2.77. The third-order valence-corrected chi connectivity index (χ3v) is 0.380. The summed E-state index contributed by atoms with van der Waals surface area (Å²) in [7, 11) is 1.65. The van der Waals surface area contributed by atoms with Gasteiger partial charge >= 0.3 is 0 Å². The Kier molecular flexibility index (Phi) is 2.58. The smallest absolute Gasteiger partial charge is 0.189 e. The van der Waals surface area contributed by atoms with Crippen LogP contribution in [-0.2, 0) is 0 Å². The van der Waals surface area contributed by atoms with Crippen LogP contribution in [0.25, 0.3) is 0 Å². The molecule has 0 bridgehead atoms. The molecule has 0 saturated carbocycles. The summed E-state index contributed by atoms with van der Waals surface area (Å²) >= 11 is 0. The zero-order chi connectivity index (χ0) is 4.99. The van der Waals surface area contributed by atoms with E-state index in [1.54, 1.807) is 7.28 Å². The van der Waals surface area contributed by atoms with Gasteiger partial charge in [-0.1, -0.05) is 6.58 Å². The van der Waals surface area contributed by atoms with E-state index in [-0.39, 0.29) is 0 Å². The summed E-state index contributed by atoms with van der Waals surface area (Å²) in [4.78, 5) is 0. The van der Waals surface area contributed by atoms with Gasteiger partial charge in [-0.15, -0.1) is 0 Å². The largest absolute Gasteiger partial charge is 0.410 e. The lowest BCUT2D eigenvalue weighted by molar-refractivity contribution is 1.35. The van der Waals surface area contributed by atoms with Gasteiger partial charge < -0.3 is 11.5 Å². The van der Waals surface area contributed by atoms with Crippen molar-refractivity contribution in [1.82, 2.24) is 0 Å². The van der Waals surface area contributed by atoms with Crippen molar-refractivity contribution in [2.75, 3.05) is 6.44 Å². The van der Waals surface area contributed by atoms with Crippen LogP contribution in [-0.4, -0.2) is 13.7 Å². The van der Waals surface area contributed by atoms with Gasteiger partial charge in [-0.3, -0.25) is 0 Å². The Bertz CT molecular complexity index is 52.8. The van der Waals surface area contributed by atoms with E-state index in [2.05, 4.69) is 6.58 Å². The van der Waals surface area contributed by atoms with Crippen LogP contribution < -0.4 is 11.5 Å². The van der Waals surface area contributed by atoms with Crippen molar-refractivity contribution in [3.05, 3.63) is 12.2 Å². The van der Waals surface area contributed by atoms with E-state index in [0.717, 1.165) is 0 Å². The molecule has 0 unspecified atom stereocenters. The highest BCUT2D eigenvalue weighted by Crippen LogP contribution is 1.63. The molecule has 33 valence electrons. The van der Waals surface area contributed by atoms with E-state index < -0.39 is 0 Å². The highest BCUT2D eigenvalue weighted by atomic mass is 14.5. The highest BCUT2D eigenvalue weighted by Gasteiger charge is 1.81. The van der Waals surface area contributed by atoms with Crippen molar-refractivity contribution in [1.29, 1.82) is 0 Å². The molecule has 0 saturated heterocycles. The Morgan fingerprint density at radius 3 is 2.33 bits per heavy atom. The standard InChI is InChI=1S/C3H8BN2/c1-3(6)4-2-5/h1-2,5-6H2. The molecule has 0 aromatic heterocycles. The lowest BCUT2D eigenvalue weighted by atomic mass is 9.76. The summed E-state index contributed by atoms with van der Waals surface area (Å²) in [6, 6.07) is 0. The number of hydrogen-bond donors (Lipinski definition) is 2. The van der Waals surface area contributed by atoms with Crippen LogP contribution in [0.15, 0.2) is 12.2 Å². The van der Waals surface area contributed by atoms with Crippen LogP contribution >= 0.6 is 0 Å².